The molecule has 0 aromatic heterocycles. The minimum atomic E-state index is -4.83. The smallest absolute Gasteiger partial charge is 0.405 e. The van der Waals surface area contributed by atoms with Crippen molar-refractivity contribution in [3.8, 4) is 5.75 Å². The highest BCUT2D eigenvalue weighted by Gasteiger charge is 2.45. The van der Waals surface area contributed by atoms with Crippen molar-refractivity contribution in [1.82, 2.24) is 0 Å². The largest absolute Gasteiger partial charge is 0.492 e. The van der Waals surface area contributed by atoms with Crippen molar-refractivity contribution in [1.29, 1.82) is 0 Å². The molecule has 0 heterocycles. The second-order valence-electron chi connectivity index (χ2n) is 5.97. The van der Waals surface area contributed by atoms with E-state index in [9.17, 15) is 18.0 Å². The number of hydrogen-bond acceptors (Lipinski definition) is 2. The van der Waals surface area contributed by atoms with E-state index in [2.05, 4.69) is 0 Å². The highest BCUT2D eigenvalue weighted by Crippen LogP contribution is 2.30. The maximum atomic E-state index is 12.5. The summed E-state index contributed by atoms with van der Waals surface area (Å²) in [7, 11) is 0. The first-order valence-electron chi connectivity index (χ1n) is 6.46. The van der Waals surface area contributed by atoms with Crippen molar-refractivity contribution < 1.29 is 27.8 Å². The lowest BCUT2D eigenvalue weighted by Crippen LogP contribution is -2.35. The van der Waals surface area contributed by atoms with Crippen molar-refractivity contribution in [3.05, 3.63) is 29.3 Å². The summed E-state index contributed by atoms with van der Waals surface area (Å²) in [5.74, 6) is -4.20. The molecule has 118 valence electrons. The van der Waals surface area contributed by atoms with Crippen molar-refractivity contribution >= 4 is 5.97 Å². The average molecular weight is 304 g/mol. The van der Waals surface area contributed by atoms with Gasteiger partial charge in [0, 0.05) is 0 Å². The molecule has 0 fully saturated rings. The lowest BCUT2D eigenvalue weighted by molar-refractivity contribution is -0.198. The molecule has 0 saturated heterocycles. The second-order valence-corrected chi connectivity index (χ2v) is 5.97. The quantitative estimate of drug-likeness (QED) is 0.916. The van der Waals surface area contributed by atoms with Crippen LogP contribution in [0.4, 0.5) is 13.2 Å². The number of carboxylic acids is 1. The Hall–Kier alpha value is -1.72. The monoisotopic (exact) mass is 304 g/mol. The second kappa shape index (κ2) is 5.95. The molecule has 0 radical (unpaired) electrons. The summed E-state index contributed by atoms with van der Waals surface area (Å²) < 4.78 is 42.7. The van der Waals surface area contributed by atoms with Crippen LogP contribution < -0.4 is 4.74 Å². The van der Waals surface area contributed by atoms with E-state index in [1.807, 2.05) is 26.8 Å². The molecule has 0 spiro atoms. The topological polar surface area (TPSA) is 46.5 Å². The van der Waals surface area contributed by atoms with Crippen LogP contribution in [0, 0.1) is 12.8 Å². The predicted octanol–water partition coefficient (Wildman–Crippen LogP) is 3.93. The van der Waals surface area contributed by atoms with Crippen molar-refractivity contribution in [3.63, 3.8) is 0 Å². The fourth-order valence-corrected chi connectivity index (χ4v) is 1.76. The highest BCUT2D eigenvalue weighted by molar-refractivity contribution is 5.71. The number of aryl methyl sites for hydroxylation is 1. The third kappa shape index (κ3) is 4.65. The lowest BCUT2D eigenvalue weighted by Gasteiger charge is -2.21. The molecule has 0 aliphatic carbocycles. The van der Waals surface area contributed by atoms with E-state index < -0.39 is 24.7 Å². The van der Waals surface area contributed by atoms with E-state index in [0.717, 1.165) is 5.56 Å². The van der Waals surface area contributed by atoms with Gasteiger partial charge in [0.15, 0.2) is 5.92 Å². The normalized spacial score (nSPS) is 13.9. The number of ether oxygens (including phenoxy) is 1. The lowest BCUT2D eigenvalue weighted by atomic mass is 9.86. The SMILES string of the molecule is Cc1cc(C(C)(C)C)ccc1OCC(C(=O)O)C(F)(F)F. The van der Waals surface area contributed by atoms with Gasteiger partial charge in [0.05, 0.1) is 0 Å². The zero-order valence-corrected chi connectivity index (χ0v) is 12.4. The Morgan fingerprint density at radius 3 is 2.24 bits per heavy atom. The van der Waals surface area contributed by atoms with Gasteiger partial charge in [-0.05, 0) is 29.5 Å². The standard InChI is InChI=1S/C15H19F3O3/c1-9-7-10(14(2,3)4)5-6-12(9)21-8-11(13(19)20)15(16,17)18/h5-7,11H,8H2,1-4H3,(H,19,20). The number of benzene rings is 1. The molecule has 6 heteroatoms. The third-order valence-corrected chi connectivity index (χ3v) is 3.14. The number of aliphatic carboxylic acids is 1. The van der Waals surface area contributed by atoms with Gasteiger partial charge in [0.1, 0.15) is 12.4 Å². The van der Waals surface area contributed by atoms with Gasteiger partial charge in [-0.3, -0.25) is 4.79 Å². The molecule has 0 amide bonds. The zero-order valence-electron chi connectivity index (χ0n) is 12.4. The molecule has 1 unspecified atom stereocenters. The van der Waals surface area contributed by atoms with Crippen LogP contribution >= 0.6 is 0 Å². The highest BCUT2D eigenvalue weighted by atomic mass is 19.4. The molecule has 0 saturated carbocycles. The Morgan fingerprint density at radius 1 is 1.29 bits per heavy atom. The molecule has 1 aromatic rings. The number of carboxylic acid groups (broad SMARTS) is 1. The molecular formula is C15H19F3O3. The molecule has 1 N–H and O–H groups in total. The van der Waals surface area contributed by atoms with Crippen LogP contribution in [0.2, 0.25) is 0 Å². The fraction of sp³-hybridized carbons (Fsp3) is 0.533. The van der Waals surface area contributed by atoms with Gasteiger partial charge in [-0.1, -0.05) is 32.9 Å². The Labute approximate surface area is 121 Å². The molecule has 21 heavy (non-hydrogen) atoms. The maximum absolute atomic E-state index is 12.5. The fourth-order valence-electron chi connectivity index (χ4n) is 1.76. The number of alkyl halides is 3. The molecular weight excluding hydrogens is 285 g/mol. The van der Waals surface area contributed by atoms with Crippen molar-refractivity contribution in [2.24, 2.45) is 5.92 Å². The van der Waals surface area contributed by atoms with Gasteiger partial charge in [0.25, 0.3) is 0 Å². The number of rotatable bonds is 4. The first kappa shape index (κ1) is 17.3. The molecule has 1 rings (SSSR count). The summed E-state index contributed by atoms with van der Waals surface area (Å²) >= 11 is 0. The number of hydrogen-bond donors (Lipinski definition) is 1. The summed E-state index contributed by atoms with van der Waals surface area (Å²) in [6.45, 7) is 6.84. The molecule has 0 aliphatic rings. The van der Waals surface area contributed by atoms with Gasteiger partial charge in [-0.2, -0.15) is 13.2 Å². The maximum Gasteiger partial charge on any atom is 0.405 e. The molecule has 0 bridgehead atoms. The van der Waals surface area contributed by atoms with Gasteiger partial charge in [-0.15, -0.1) is 0 Å². The summed E-state index contributed by atoms with van der Waals surface area (Å²) in [5.41, 5.74) is 1.62. The third-order valence-electron chi connectivity index (χ3n) is 3.14. The summed E-state index contributed by atoms with van der Waals surface area (Å²) in [5, 5.41) is 8.61. The van der Waals surface area contributed by atoms with Crippen LogP contribution in [0.15, 0.2) is 18.2 Å². The van der Waals surface area contributed by atoms with E-state index in [-0.39, 0.29) is 11.2 Å². The van der Waals surface area contributed by atoms with Crippen LogP contribution in [-0.2, 0) is 10.2 Å². The summed E-state index contributed by atoms with van der Waals surface area (Å²) in [4.78, 5) is 10.6. The Bertz CT molecular complexity index is 516. The van der Waals surface area contributed by atoms with Gasteiger partial charge in [0.2, 0.25) is 0 Å². The Balaban J connectivity index is 2.87. The van der Waals surface area contributed by atoms with E-state index in [0.29, 0.717) is 5.56 Å². The van der Waals surface area contributed by atoms with Crippen LogP contribution in [-0.4, -0.2) is 23.9 Å². The minimum Gasteiger partial charge on any atom is -0.492 e. The van der Waals surface area contributed by atoms with Crippen molar-refractivity contribution in [2.45, 2.75) is 39.3 Å². The zero-order chi connectivity index (χ0) is 16.4. The van der Waals surface area contributed by atoms with Gasteiger partial charge < -0.3 is 9.84 Å². The van der Waals surface area contributed by atoms with E-state index in [1.54, 1.807) is 19.1 Å². The molecule has 0 aliphatic heterocycles. The Morgan fingerprint density at radius 2 is 1.86 bits per heavy atom. The first-order valence-corrected chi connectivity index (χ1v) is 6.46. The van der Waals surface area contributed by atoms with Gasteiger partial charge in [-0.25, -0.2) is 0 Å². The average Bonchev–Trinajstić information content (AvgIpc) is 2.27. The van der Waals surface area contributed by atoms with E-state index >= 15 is 0 Å². The van der Waals surface area contributed by atoms with Crippen molar-refractivity contribution in [2.75, 3.05) is 6.61 Å². The summed E-state index contributed by atoms with van der Waals surface area (Å²) in [6, 6.07) is 5.18. The van der Waals surface area contributed by atoms with E-state index in [4.69, 9.17) is 9.84 Å². The molecule has 1 aromatic carbocycles. The van der Waals surface area contributed by atoms with Crippen LogP contribution in [0.1, 0.15) is 31.9 Å². The number of carbonyl (C=O) groups is 1. The van der Waals surface area contributed by atoms with Crippen LogP contribution in [0.25, 0.3) is 0 Å². The Kier molecular flexibility index (Phi) is 4.91. The minimum absolute atomic E-state index is 0.0845. The molecule has 1 atom stereocenters. The van der Waals surface area contributed by atoms with Crippen LogP contribution in [0.3, 0.4) is 0 Å². The van der Waals surface area contributed by atoms with Crippen LogP contribution in [0.5, 0.6) is 5.75 Å². The predicted molar refractivity (Wildman–Crippen MR) is 72.6 cm³/mol. The molecule has 3 nitrogen and oxygen atoms in total. The van der Waals surface area contributed by atoms with E-state index in [1.165, 1.54) is 0 Å². The summed E-state index contributed by atoms with van der Waals surface area (Å²) in [6.07, 6.45) is -4.83. The van der Waals surface area contributed by atoms with Gasteiger partial charge >= 0.3 is 12.1 Å². The number of halogens is 3. The first-order chi connectivity index (χ1) is 9.43.